The maximum atomic E-state index is 12.8. The Labute approximate surface area is 157 Å². The number of carbonyl (C=O) groups excluding carboxylic acids is 1. The van der Waals surface area contributed by atoms with Crippen LogP contribution in [0.2, 0.25) is 0 Å². The molecule has 2 aromatic rings. The summed E-state index contributed by atoms with van der Waals surface area (Å²) in [5, 5.41) is 2.87. The van der Waals surface area contributed by atoms with Crippen molar-refractivity contribution in [2.75, 3.05) is 36.5 Å². The molecule has 0 spiro atoms. The van der Waals surface area contributed by atoms with Crippen molar-refractivity contribution < 1.29 is 18.3 Å². The average molecular weight is 375 g/mol. The average Bonchev–Trinajstić information content (AvgIpc) is 2.65. The fourth-order valence-corrected chi connectivity index (χ4v) is 3.16. The van der Waals surface area contributed by atoms with Gasteiger partial charge in [-0.2, -0.15) is 0 Å². The molecule has 0 aliphatic carbocycles. The van der Waals surface area contributed by atoms with Crippen LogP contribution in [0.15, 0.2) is 30.3 Å². The summed E-state index contributed by atoms with van der Waals surface area (Å²) in [6, 6.07) is 7.88. The van der Waals surface area contributed by atoms with Crippen LogP contribution in [0.25, 0.3) is 0 Å². The summed E-state index contributed by atoms with van der Waals surface area (Å²) in [4.78, 5) is 19.2. The van der Waals surface area contributed by atoms with Crippen LogP contribution in [0.3, 0.4) is 0 Å². The Morgan fingerprint density at radius 1 is 1.26 bits per heavy atom. The molecule has 0 bridgehead atoms. The monoisotopic (exact) mass is 375 g/mol. The number of rotatable bonds is 5. The van der Waals surface area contributed by atoms with Crippen molar-refractivity contribution in [3.8, 4) is 0 Å². The van der Waals surface area contributed by atoms with Crippen LogP contribution in [0.4, 0.5) is 20.3 Å². The van der Waals surface area contributed by atoms with Crippen molar-refractivity contribution in [2.24, 2.45) is 0 Å². The number of anilines is 2. The van der Waals surface area contributed by atoms with Crippen LogP contribution in [0.1, 0.15) is 28.8 Å². The van der Waals surface area contributed by atoms with Crippen molar-refractivity contribution >= 4 is 17.4 Å². The fraction of sp³-hybridized carbons (Fsp3) is 0.400. The van der Waals surface area contributed by atoms with E-state index in [0.29, 0.717) is 24.5 Å². The zero-order chi connectivity index (χ0) is 19.4. The molecule has 1 saturated heterocycles. The number of ether oxygens (including phenoxy) is 1. The smallest absolute Gasteiger partial charge is 0.263 e. The molecule has 7 heteroatoms. The van der Waals surface area contributed by atoms with E-state index in [1.807, 2.05) is 19.9 Å². The number of hydrogen-bond donors (Lipinski definition) is 1. The molecule has 1 fully saturated rings. The molecule has 3 rings (SSSR count). The first-order valence-electron chi connectivity index (χ1n) is 8.92. The van der Waals surface area contributed by atoms with Gasteiger partial charge < -0.3 is 15.0 Å². The first kappa shape index (κ1) is 19.2. The lowest BCUT2D eigenvalue weighted by atomic mass is 10.1. The molecule has 0 atom stereocenters. The van der Waals surface area contributed by atoms with Gasteiger partial charge in [0.25, 0.3) is 6.43 Å². The van der Waals surface area contributed by atoms with Gasteiger partial charge in [-0.15, -0.1) is 0 Å². The number of carbonyl (C=O) groups is 1. The van der Waals surface area contributed by atoms with Gasteiger partial charge in [0.1, 0.15) is 5.82 Å². The minimum Gasteiger partial charge on any atom is -0.378 e. The van der Waals surface area contributed by atoms with E-state index in [2.05, 4.69) is 15.2 Å². The minimum atomic E-state index is -2.55. The summed E-state index contributed by atoms with van der Waals surface area (Å²) in [5.74, 6) is 0.615. The van der Waals surface area contributed by atoms with Crippen LogP contribution in [-0.2, 0) is 16.0 Å². The summed E-state index contributed by atoms with van der Waals surface area (Å²) in [6.45, 7) is 6.71. The lowest BCUT2D eigenvalue weighted by molar-refractivity contribution is -0.115. The van der Waals surface area contributed by atoms with Gasteiger partial charge in [0.2, 0.25) is 5.91 Å². The fourth-order valence-electron chi connectivity index (χ4n) is 3.16. The highest BCUT2D eigenvalue weighted by Gasteiger charge is 2.17. The van der Waals surface area contributed by atoms with Crippen LogP contribution in [0, 0.1) is 13.8 Å². The van der Waals surface area contributed by atoms with E-state index in [9.17, 15) is 13.6 Å². The Balaban J connectivity index is 1.71. The van der Waals surface area contributed by atoms with Crippen molar-refractivity contribution in [1.29, 1.82) is 0 Å². The Bertz CT molecular complexity index is 798. The summed E-state index contributed by atoms with van der Waals surface area (Å²) in [6.07, 6.45) is -2.51. The van der Waals surface area contributed by atoms with Gasteiger partial charge >= 0.3 is 0 Å². The predicted molar refractivity (Wildman–Crippen MR) is 100 cm³/mol. The Hall–Kier alpha value is -2.54. The summed E-state index contributed by atoms with van der Waals surface area (Å²) in [5.41, 5.74) is 2.79. The number of pyridine rings is 1. The minimum absolute atomic E-state index is 0.0324. The van der Waals surface area contributed by atoms with E-state index in [1.54, 1.807) is 12.1 Å². The van der Waals surface area contributed by atoms with Gasteiger partial charge in [0.15, 0.2) is 0 Å². The summed E-state index contributed by atoms with van der Waals surface area (Å²) < 4.78 is 31.0. The van der Waals surface area contributed by atoms with Crippen molar-refractivity contribution in [3.63, 3.8) is 0 Å². The zero-order valence-corrected chi connectivity index (χ0v) is 15.5. The molecular weight excluding hydrogens is 352 g/mol. The first-order valence-corrected chi connectivity index (χ1v) is 8.92. The first-order chi connectivity index (χ1) is 12.9. The van der Waals surface area contributed by atoms with Crippen molar-refractivity contribution in [2.45, 2.75) is 26.7 Å². The zero-order valence-electron chi connectivity index (χ0n) is 15.5. The third kappa shape index (κ3) is 4.80. The molecule has 1 N–H and O–H groups in total. The lowest BCUT2D eigenvalue weighted by Crippen LogP contribution is -2.37. The SMILES string of the molecule is Cc1cc(N2CCOCC2)nc(C)c1NC(=O)Cc1cccc(C(F)F)c1. The standard InChI is InChI=1S/C20H23F2N3O2/c1-13-10-17(25-6-8-27-9-7-25)23-14(2)19(13)24-18(26)12-15-4-3-5-16(11-15)20(21)22/h3-5,10-11,20H,6-9,12H2,1-2H3,(H,24,26). The molecule has 144 valence electrons. The van der Waals surface area contributed by atoms with Crippen LogP contribution in [-0.4, -0.2) is 37.2 Å². The number of alkyl halides is 2. The number of benzene rings is 1. The largest absolute Gasteiger partial charge is 0.378 e. The van der Waals surface area contributed by atoms with Gasteiger partial charge in [-0.1, -0.05) is 18.2 Å². The number of nitrogens with zero attached hydrogens (tertiary/aromatic N) is 2. The number of nitrogens with one attached hydrogen (secondary N) is 1. The molecular formula is C20H23F2N3O2. The molecule has 5 nitrogen and oxygen atoms in total. The van der Waals surface area contributed by atoms with E-state index in [4.69, 9.17) is 4.74 Å². The summed E-state index contributed by atoms with van der Waals surface area (Å²) >= 11 is 0. The Morgan fingerprint density at radius 3 is 2.67 bits per heavy atom. The Kier molecular flexibility index (Phi) is 6.01. The molecule has 0 saturated carbocycles. The second-order valence-corrected chi connectivity index (χ2v) is 6.63. The molecule has 1 aliphatic heterocycles. The van der Waals surface area contributed by atoms with Crippen LogP contribution >= 0.6 is 0 Å². The number of amides is 1. The second-order valence-electron chi connectivity index (χ2n) is 6.63. The van der Waals surface area contributed by atoms with E-state index in [-0.39, 0.29) is 17.9 Å². The Morgan fingerprint density at radius 2 is 2.00 bits per heavy atom. The van der Waals surface area contributed by atoms with Crippen LogP contribution < -0.4 is 10.2 Å². The van der Waals surface area contributed by atoms with E-state index < -0.39 is 6.43 Å². The lowest BCUT2D eigenvalue weighted by Gasteiger charge is -2.28. The van der Waals surface area contributed by atoms with Crippen molar-refractivity contribution in [1.82, 2.24) is 4.98 Å². The molecule has 1 amide bonds. The number of aromatic nitrogens is 1. The van der Waals surface area contributed by atoms with Crippen molar-refractivity contribution in [3.05, 3.63) is 52.7 Å². The maximum absolute atomic E-state index is 12.8. The molecule has 1 aliphatic rings. The van der Waals surface area contributed by atoms with Gasteiger partial charge in [0.05, 0.1) is 31.0 Å². The van der Waals surface area contributed by atoms with E-state index in [0.717, 1.165) is 30.2 Å². The third-order valence-corrected chi connectivity index (χ3v) is 4.55. The molecule has 2 heterocycles. The van der Waals surface area contributed by atoms with E-state index in [1.165, 1.54) is 12.1 Å². The van der Waals surface area contributed by atoms with Crippen LogP contribution in [0.5, 0.6) is 0 Å². The molecule has 1 aromatic heterocycles. The second kappa shape index (κ2) is 8.43. The topological polar surface area (TPSA) is 54.5 Å². The number of morpholine rings is 1. The quantitative estimate of drug-likeness (QED) is 0.867. The third-order valence-electron chi connectivity index (χ3n) is 4.55. The number of hydrogen-bond acceptors (Lipinski definition) is 4. The molecule has 27 heavy (non-hydrogen) atoms. The van der Waals surface area contributed by atoms with Gasteiger partial charge in [0, 0.05) is 18.7 Å². The molecule has 0 radical (unpaired) electrons. The highest BCUT2D eigenvalue weighted by Crippen LogP contribution is 2.25. The van der Waals surface area contributed by atoms with Gasteiger partial charge in [-0.3, -0.25) is 4.79 Å². The normalized spacial score (nSPS) is 14.5. The highest BCUT2D eigenvalue weighted by atomic mass is 19.3. The summed E-state index contributed by atoms with van der Waals surface area (Å²) in [7, 11) is 0. The molecule has 0 unspecified atom stereocenters. The predicted octanol–water partition coefficient (Wildman–Crippen LogP) is 3.65. The number of aryl methyl sites for hydroxylation is 2. The van der Waals surface area contributed by atoms with Gasteiger partial charge in [-0.25, -0.2) is 13.8 Å². The number of halogens is 2. The molecule has 1 aromatic carbocycles. The van der Waals surface area contributed by atoms with E-state index >= 15 is 0 Å². The van der Waals surface area contributed by atoms with Gasteiger partial charge in [-0.05, 0) is 37.1 Å². The maximum Gasteiger partial charge on any atom is 0.263 e. The highest BCUT2D eigenvalue weighted by molar-refractivity contribution is 5.93.